The van der Waals surface area contributed by atoms with Crippen molar-refractivity contribution in [1.29, 1.82) is 0 Å². The number of anilines is 1. The van der Waals surface area contributed by atoms with Crippen LogP contribution >= 0.6 is 0 Å². The molecular weight excluding hydrogens is 310 g/mol. The van der Waals surface area contributed by atoms with Crippen molar-refractivity contribution < 1.29 is 19.4 Å². The number of carbonyl (C=O) groups excluding carboxylic acids is 1. The van der Waals surface area contributed by atoms with Crippen LogP contribution in [0.3, 0.4) is 0 Å². The molecule has 0 aliphatic carbocycles. The molecule has 0 saturated carbocycles. The molecule has 7 heteroatoms. The van der Waals surface area contributed by atoms with E-state index < -0.39 is 0 Å². The Morgan fingerprint density at radius 3 is 2.50 bits per heavy atom. The van der Waals surface area contributed by atoms with Gasteiger partial charge in [0.15, 0.2) is 0 Å². The van der Waals surface area contributed by atoms with Gasteiger partial charge in [0.2, 0.25) is 0 Å². The van der Waals surface area contributed by atoms with Crippen molar-refractivity contribution in [3.05, 3.63) is 18.2 Å². The van der Waals surface area contributed by atoms with E-state index in [0.29, 0.717) is 23.2 Å². The molecule has 0 spiro atoms. The highest BCUT2D eigenvalue weighted by molar-refractivity contribution is 5.91. The van der Waals surface area contributed by atoms with Crippen LogP contribution in [0.5, 0.6) is 11.5 Å². The van der Waals surface area contributed by atoms with Gasteiger partial charge in [0.1, 0.15) is 11.5 Å². The minimum atomic E-state index is -0.174. The van der Waals surface area contributed by atoms with Gasteiger partial charge < -0.3 is 24.8 Å². The maximum atomic E-state index is 12.5. The molecule has 7 nitrogen and oxygen atoms in total. The lowest BCUT2D eigenvalue weighted by atomic mass is 9.99. The summed E-state index contributed by atoms with van der Waals surface area (Å²) in [5, 5.41) is 12.3. The molecule has 0 bridgehead atoms. The number of methoxy groups -OCH3 is 2. The summed E-state index contributed by atoms with van der Waals surface area (Å²) in [7, 11) is 3.16. The minimum Gasteiger partial charge on any atom is -0.497 e. The number of nitrogens with zero attached hydrogens (tertiary/aromatic N) is 2. The van der Waals surface area contributed by atoms with Crippen molar-refractivity contribution in [3.8, 4) is 11.5 Å². The van der Waals surface area contributed by atoms with E-state index in [4.69, 9.17) is 9.47 Å². The molecule has 0 radical (unpaired) electrons. The number of amides is 2. The van der Waals surface area contributed by atoms with Crippen molar-refractivity contribution >= 4 is 11.7 Å². The van der Waals surface area contributed by atoms with Crippen LogP contribution in [0.4, 0.5) is 10.5 Å². The first-order chi connectivity index (χ1) is 11.6. The Balaban J connectivity index is 1.56. The number of β-amino-alcohol motifs (C(OH)–C–C–N with tert-alkyl or cyclic N) is 1. The zero-order valence-electron chi connectivity index (χ0n) is 14.2. The number of aliphatic hydroxyl groups excluding tert-OH is 1. The number of carbonyl (C=O) groups is 1. The van der Waals surface area contributed by atoms with Gasteiger partial charge in [0.05, 0.1) is 26.0 Å². The standard InChI is InChI=1S/C17H25N3O4/c1-23-14-3-4-16(24-2)15(9-14)18-17(22)19-7-5-12(6-8-19)20-10-13(21)11-20/h3-4,9,12-13,21H,5-8,10-11H2,1-2H3,(H,18,22). The van der Waals surface area contributed by atoms with Crippen molar-refractivity contribution in [1.82, 2.24) is 9.80 Å². The number of hydrogen-bond acceptors (Lipinski definition) is 5. The van der Waals surface area contributed by atoms with E-state index in [0.717, 1.165) is 39.0 Å². The van der Waals surface area contributed by atoms with Crippen LogP contribution in [0.2, 0.25) is 0 Å². The Bertz CT molecular complexity index is 581. The fourth-order valence-electron chi connectivity index (χ4n) is 3.33. The molecule has 24 heavy (non-hydrogen) atoms. The second kappa shape index (κ2) is 7.27. The number of likely N-dealkylation sites (tertiary alicyclic amines) is 2. The van der Waals surface area contributed by atoms with E-state index in [1.54, 1.807) is 32.4 Å². The molecule has 2 aliphatic heterocycles. The summed E-state index contributed by atoms with van der Waals surface area (Å²) < 4.78 is 10.5. The lowest BCUT2D eigenvalue weighted by molar-refractivity contribution is -0.0368. The van der Waals surface area contributed by atoms with Gasteiger partial charge in [-0.05, 0) is 25.0 Å². The first-order valence-electron chi connectivity index (χ1n) is 8.30. The average molecular weight is 335 g/mol. The Kier molecular flexibility index (Phi) is 5.11. The minimum absolute atomic E-state index is 0.122. The van der Waals surface area contributed by atoms with Crippen LogP contribution in [-0.2, 0) is 0 Å². The SMILES string of the molecule is COc1ccc(OC)c(NC(=O)N2CCC(N3CC(O)C3)CC2)c1. The van der Waals surface area contributed by atoms with Crippen LogP contribution in [0, 0.1) is 0 Å². The highest BCUT2D eigenvalue weighted by Gasteiger charge is 2.33. The third kappa shape index (κ3) is 3.57. The first kappa shape index (κ1) is 16.9. The molecule has 2 amide bonds. The number of piperidine rings is 1. The molecule has 1 aromatic rings. The van der Waals surface area contributed by atoms with E-state index in [1.807, 2.05) is 4.90 Å². The van der Waals surface area contributed by atoms with E-state index in [-0.39, 0.29) is 12.1 Å². The van der Waals surface area contributed by atoms with Crippen molar-refractivity contribution in [2.45, 2.75) is 25.0 Å². The highest BCUT2D eigenvalue weighted by atomic mass is 16.5. The van der Waals surface area contributed by atoms with Gasteiger partial charge in [-0.2, -0.15) is 0 Å². The maximum absolute atomic E-state index is 12.5. The molecule has 2 heterocycles. The average Bonchev–Trinajstić information content (AvgIpc) is 2.59. The Hall–Kier alpha value is -1.99. The molecule has 2 fully saturated rings. The lowest BCUT2D eigenvalue weighted by Gasteiger charge is -2.45. The van der Waals surface area contributed by atoms with Crippen molar-refractivity contribution in [2.24, 2.45) is 0 Å². The summed E-state index contributed by atoms with van der Waals surface area (Å²) in [4.78, 5) is 16.6. The number of aliphatic hydroxyl groups is 1. The molecule has 2 aliphatic rings. The van der Waals surface area contributed by atoms with Gasteiger partial charge in [-0.1, -0.05) is 0 Å². The predicted molar refractivity (Wildman–Crippen MR) is 90.7 cm³/mol. The number of hydrogen-bond donors (Lipinski definition) is 2. The smallest absolute Gasteiger partial charge is 0.321 e. The summed E-state index contributed by atoms with van der Waals surface area (Å²) in [6.07, 6.45) is 1.71. The van der Waals surface area contributed by atoms with Crippen LogP contribution < -0.4 is 14.8 Å². The van der Waals surface area contributed by atoms with E-state index in [1.165, 1.54) is 0 Å². The summed E-state index contributed by atoms with van der Waals surface area (Å²) in [5.74, 6) is 1.27. The largest absolute Gasteiger partial charge is 0.497 e. The first-order valence-corrected chi connectivity index (χ1v) is 8.30. The molecule has 132 valence electrons. The van der Waals surface area contributed by atoms with Gasteiger partial charge in [-0.3, -0.25) is 4.90 Å². The molecule has 3 rings (SSSR count). The van der Waals surface area contributed by atoms with Gasteiger partial charge >= 0.3 is 6.03 Å². The molecule has 0 atom stereocenters. The van der Waals surface area contributed by atoms with Gasteiger partial charge in [-0.15, -0.1) is 0 Å². The fourth-order valence-corrected chi connectivity index (χ4v) is 3.33. The van der Waals surface area contributed by atoms with E-state index in [9.17, 15) is 9.90 Å². The van der Waals surface area contributed by atoms with Gasteiger partial charge in [0.25, 0.3) is 0 Å². The number of rotatable bonds is 4. The number of nitrogens with one attached hydrogen (secondary N) is 1. The highest BCUT2D eigenvalue weighted by Crippen LogP contribution is 2.29. The monoisotopic (exact) mass is 335 g/mol. The summed E-state index contributed by atoms with van der Waals surface area (Å²) in [5.41, 5.74) is 0.606. The fraction of sp³-hybridized carbons (Fsp3) is 0.588. The summed E-state index contributed by atoms with van der Waals surface area (Å²) in [6.45, 7) is 2.96. The molecule has 0 aromatic heterocycles. The quantitative estimate of drug-likeness (QED) is 0.869. The summed E-state index contributed by atoms with van der Waals surface area (Å²) in [6, 6.07) is 5.68. The van der Waals surface area contributed by atoms with Crippen LogP contribution in [0.25, 0.3) is 0 Å². The topological polar surface area (TPSA) is 74.3 Å². The molecule has 2 saturated heterocycles. The van der Waals surface area contributed by atoms with Crippen LogP contribution in [0.1, 0.15) is 12.8 Å². The number of urea groups is 1. The van der Waals surface area contributed by atoms with E-state index in [2.05, 4.69) is 10.2 Å². The summed E-state index contributed by atoms with van der Waals surface area (Å²) >= 11 is 0. The Labute approximate surface area is 142 Å². The molecule has 1 aromatic carbocycles. The molecule has 0 unspecified atom stereocenters. The maximum Gasteiger partial charge on any atom is 0.321 e. The Morgan fingerprint density at radius 2 is 1.92 bits per heavy atom. The van der Waals surface area contributed by atoms with Gasteiger partial charge in [0, 0.05) is 38.3 Å². The molecule has 2 N–H and O–H groups in total. The van der Waals surface area contributed by atoms with Crippen LogP contribution in [0.15, 0.2) is 18.2 Å². The van der Waals surface area contributed by atoms with Gasteiger partial charge in [-0.25, -0.2) is 4.79 Å². The third-order valence-electron chi connectivity index (χ3n) is 4.81. The lowest BCUT2D eigenvalue weighted by Crippen LogP contribution is -2.58. The normalized spacial score (nSPS) is 19.7. The van der Waals surface area contributed by atoms with E-state index >= 15 is 0 Å². The number of ether oxygens (including phenoxy) is 2. The third-order valence-corrected chi connectivity index (χ3v) is 4.81. The van der Waals surface area contributed by atoms with Crippen molar-refractivity contribution in [3.63, 3.8) is 0 Å². The second-order valence-corrected chi connectivity index (χ2v) is 6.32. The van der Waals surface area contributed by atoms with Crippen LogP contribution in [-0.4, -0.2) is 73.5 Å². The van der Waals surface area contributed by atoms with Crippen molar-refractivity contribution in [2.75, 3.05) is 45.7 Å². The second-order valence-electron chi connectivity index (χ2n) is 6.32. The predicted octanol–water partition coefficient (Wildman–Crippen LogP) is 1.38. The zero-order chi connectivity index (χ0) is 17.1. The molecular formula is C17H25N3O4. The Morgan fingerprint density at radius 1 is 1.21 bits per heavy atom. The zero-order valence-corrected chi connectivity index (χ0v) is 14.2. The number of benzene rings is 1.